The number of carbonyl (C=O) groups excluding carboxylic acids is 1. The van der Waals surface area contributed by atoms with Crippen LogP contribution in [0.4, 0.5) is 13.2 Å². The zero-order valence-corrected chi connectivity index (χ0v) is 13.9. The molecular formula is C18H15F3N2O4. The van der Waals surface area contributed by atoms with Gasteiger partial charge in [0.2, 0.25) is 5.88 Å². The number of rotatable bonds is 6. The maximum atomic E-state index is 12.5. The Kier molecular flexibility index (Phi) is 5.02. The molecule has 3 rings (SSSR count). The van der Waals surface area contributed by atoms with E-state index in [1.807, 2.05) is 0 Å². The molecule has 0 aliphatic heterocycles. The van der Waals surface area contributed by atoms with Gasteiger partial charge in [0.05, 0.1) is 5.56 Å². The van der Waals surface area contributed by atoms with E-state index < -0.39 is 17.7 Å². The smallest absolute Gasteiger partial charge is 0.417 e. The molecule has 27 heavy (non-hydrogen) atoms. The van der Waals surface area contributed by atoms with Gasteiger partial charge < -0.3 is 14.7 Å². The normalized spacial score (nSPS) is 13.9. The molecule has 0 radical (unpaired) electrons. The fourth-order valence-electron chi connectivity index (χ4n) is 2.46. The summed E-state index contributed by atoms with van der Waals surface area (Å²) >= 11 is 0. The lowest BCUT2D eigenvalue weighted by Crippen LogP contribution is -2.37. The summed E-state index contributed by atoms with van der Waals surface area (Å²) in [5.41, 5.74) is -0.578. The molecule has 6 nitrogen and oxygen atoms in total. The van der Waals surface area contributed by atoms with E-state index in [0.717, 1.165) is 25.0 Å². The molecule has 0 unspecified atom stereocenters. The van der Waals surface area contributed by atoms with Gasteiger partial charge in [-0.25, -0.2) is 4.98 Å². The summed E-state index contributed by atoms with van der Waals surface area (Å²) < 4.78 is 42.9. The molecule has 1 aromatic carbocycles. The third-order valence-electron chi connectivity index (χ3n) is 3.94. The first kappa shape index (κ1) is 18.7. The number of alkyl halides is 3. The maximum Gasteiger partial charge on any atom is 0.417 e. The first-order chi connectivity index (χ1) is 12.7. The number of aliphatic carboxylic acids is 1. The number of ether oxygens (including phenoxy) is 1. The van der Waals surface area contributed by atoms with Crippen molar-refractivity contribution in [2.45, 2.75) is 25.1 Å². The van der Waals surface area contributed by atoms with Crippen LogP contribution in [0.1, 0.15) is 28.8 Å². The van der Waals surface area contributed by atoms with Gasteiger partial charge in [0.25, 0.3) is 5.91 Å². The third-order valence-corrected chi connectivity index (χ3v) is 3.94. The molecule has 2 aromatic rings. The summed E-state index contributed by atoms with van der Waals surface area (Å²) in [5, 5.41) is 8.94. The van der Waals surface area contributed by atoms with Crippen molar-refractivity contribution in [3.05, 3.63) is 53.7 Å². The Bertz CT molecular complexity index is 831. The first-order valence-electron chi connectivity index (χ1n) is 8.08. The molecule has 0 bridgehead atoms. The van der Waals surface area contributed by atoms with Gasteiger partial charge in [-0.1, -0.05) is 0 Å². The van der Waals surface area contributed by atoms with Crippen LogP contribution in [0.25, 0.3) is 0 Å². The van der Waals surface area contributed by atoms with Gasteiger partial charge in [0.15, 0.2) is 0 Å². The predicted octanol–water partition coefficient (Wildman–Crippen LogP) is 3.58. The summed E-state index contributed by atoms with van der Waals surface area (Å²) in [6.45, 7) is -0.364. The average molecular weight is 380 g/mol. The number of carboxylic acids is 1. The number of nitrogens with zero attached hydrogens (tertiary/aromatic N) is 2. The van der Waals surface area contributed by atoms with Crippen molar-refractivity contribution in [1.82, 2.24) is 9.88 Å². The van der Waals surface area contributed by atoms with Crippen molar-refractivity contribution < 1.29 is 32.6 Å². The summed E-state index contributed by atoms with van der Waals surface area (Å²) in [4.78, 5) is 28.3. The van der Waals surface area contributed by atoms with Crippen LogP contribution in [0.3, 0.4) is 0 Å². The Hall–Kier alpha value is -3.10. The van der Waals surface area contributed by atoms with E-state index in [1.165, 1.54) is 29.2 Å². The predicted molar refractivity (Wildman–Crippen MR) is 87.4 cm³/mol. The van der Waals surface area contributed by atoms with Crippen LogP contribution in [0.2, 0.25) is 0 Å². The third kappa shape index (κ3) is 4.75. The molecule has 9 heteroatoms. The lowest BCUT2D eigenvalue weighted by Gasteiger charge is -2.20. The second-order valence-corrected chi connectivity index (χ2v) is 6.07. The van der Waals surface area contributed by atoms with Gasteiger partial charge in [-0.15, -0.1) is 0 Å². The highest BCUT2D eigenvalue weighted by Crippen LogP contribution is 2.31. The fourth-order valence-corrected chi connectivity index (χ4v) is 2.46. The van der Waals surface area contributed by atoms with Crippen molar-refractivity contribution in [3.63, 3.8) is 0 Å². The standard InChI is InChI=1S/C18H15F3N2O4/c19-18(20,21)12-3-8-15(22-9-12)27-14-6-1-11(2-7-14)17(26)23(10-16(24)25)13-4-5-13/h1-3,6-9,13H,4-5,10H2,(H,24,25). The number of hydrogen-bond acceptors (Lipinski definition) is 4. The van der Waals surface area contributed by atoms with Crippen LogP contribution in [-0.2, 0) is 11.0 Å². The van der Waals surface area contributed by atoms with E-state index >= 15 is 0 Å². The summed E-state index contributed by atoms with van der Waals surface area (Å²) in [5.74, 6) is -1.20. The van der Waals surface area contributed by atoms with Crippen LogP contribution in [0.15, 0.2) is 42.6 Å². The van der Waals surface area contributed by atoms with E-state index in [1.54, 1.807) is 0 Å². The Morgan fingerprint density at radius 2 is 1.81 bits per heavy atom. The van der Waals surface area contributed by atoms with Crippen LogP contribution >= 0.6 is 0 Å². The molecule has 1 fully saturated rings. The van der Waals surface area contributed by atoms with Crippen molar-refractivity contribution in [2.75, 3.05) is 6.54 Å². The molecule has 1 N–H and O–H groups in total. The molecule has 1 aliphatic rings. The van der Waals surface area contributed by atoms with Crippen LogP contribution in [0.5, 0.6) is 11.6 Å². The van der Waals surface area contributed by atoms with Crippen LogP contribution < -0.4 is 4.74 Å². The quantitative estimate of drug-likeness (QED) is 0.829. The Balaban J connectivity index is 1.68. The van der Waals surface area contributed by atoms with Crippen molar-refractivity contribution >= 4 is 11.9 Å². The van der Waals surface area contributed by atoms with E-state index in [4.69, 9.17) is 9.84 Å². The number of carboxylic acid groups (broad SMARTS) is 1. The number of carbonyl (C=O) groups is 2. The SMILES string of the molecule is O=C(O)CN(C(=O)c1ccc(Oc2ccc(C(F)(F)F)cn2)cc1)C1CC1. The Morgan fingerprint density at radius 1 is 1.15 bits per heavy atom. The molecule has 0 saturated heterocycles. The van der Waals surface area contributed by atoms with E-state index in [2.05, 4.69) is 4.98 Å². The van der Waals surface area contributed by atoms with Gasteiger partial charge in [0, 0.05) is 23.9 Å². The summed E-state index contributed by atoms with van der Waals surface area (Å²) in [7, 11) is 0. The lowest BCUT2D eigenvalue weighted by atomic mass is 10.2. The molecule has 142 valence electrons. The van der Waals surface area contributed by atoms with E-state index in [0.29, 0.717) is 11.8 Å². The topological polar surface area (TPSA) is 79.7 Å². The summed E-state index contributed by atoms with van der Waals surface area (Å²) in [6.07, 6.45) is -2.25. The molecule has 1 aliphatic carbocycles. The minimum atomic E-state index is -4.48. The van der Waals surface area contributed by atoms with Gasteiger partial charge in [-0.3, -0.25) is 9.59 Å². The van der Waals surface area contributed by atoms with Crippen LogP contribution in [-0.4, -0.2) is 39.5 Å². The molecule has 1 aromatic heterocycles. The molecular weight excluding hydrogens is 365 g/mol. The highest BCUT2D eigenvalue weighted by molar-refractivity contribution is 5.96. The van der Waals surface area contributed by atoms with Crippen molar-refractivity contribution in [3.8, 4) is 11.6 Å². The lowest BCUT2D eigenvalue weighted by molar-refractivity contribution is -0.138. The van der Waals surface area contributed by atoms with E-state index in [9.17, 15) is 22.8 Å². The molecule has 1 heterocycles. The second kappa shape index (κ2) is 7.26. The highest BCUT2D eigenvalue weighted by atomic mass is 19.4. The molecule has 1 saturated carbocycles. The monoisotopic (exact) mass is 380 g/mol. The highest BCUT2D eigenvalue weighted by Gasteiger charge is 2.34. The molecule has 0 spiro atoms. The maximum absolute atomic E-state index is 12.5. The molecule has 0 atom stereocenters. The number of amides is 1. The van der Waals surface area contributed by atoms with Crippen molar-refractivity contribution in [1.29, 1.82) is 0 Å². The van der Waals surface area contributed by atoms with Gasteiger partial charge in [-0.05, 0) is 43.2 Å². The largest absolute Gasteiger partial charge is 0.480 e. The number of halogens is 3. The minimum absolute atomic E-state index is 0.0208. The van der Waals surface area contributed by atoms with E-state index in [-0.39, 0.29) is 30.1 Å². The number of pyridine rings is 1. The minimum Gasteiger partial charge on any atom is -0.480 e. The Morgan fingerprint density at radius 3 is 2.30 bits per heavy atom. The first-order valence-corrected chi connectivity index (χ1v) is 8.08. The Labute approximate surface area is 152 Å². The number of hydrogen-bond donors (Lipinski definition) is 1. The number of benzene rings is 1. The van der Waals surface area contributed by atoms with Gasteiger partial charge >= 0.3 is 12.1 Å². The molecule has 1 amide bonds. The van der Waals surface area contributed by atoms with Gasteiger partial charge in [0.1, 0.15) is 12.3 Å². The average Bonchev–Trinajstić information content (AvgIpc) is 3.44. The zero-order chi connectivity index (χ0) is 19.6. The van der Waals surface area contributed by atoms with Crippen LogP contribution in [0, 0.1) is 0 Å². The number of aromatic nitrogens is 1. The fraction of sp³-hybridized carbons (Fsp3) is 0.278. The second-order valence-electron chi connectivity index (χ2n) is 6.07. The van der Waals surface area contributed by atoms with Gasteiger partial charge in [-0.2, -0.15) is 13.2 Å². The summed E-state index contributed by atoms with van der Waals surface area (Å²) in [6, 6.07) is 7.79. The zero-order valence-electron chi connectivity index (χ0n) is 13.9. The van der Waals surface area contributed by atoms with Crippen molar-refractivity contribution in [2.24, 2.45) is 0 Å².